The van der Waals surface area contributed by atoms with Gasteiger partial charge in [0.25, 0.3) is 0 Å². The number of nitrogens with zero attached hydrogens (tertiary/aromatic N) is 4. The second-order valence-corrected chi connectivity index (χ2v) is 10.4. The van der Waals surface area contributed by atoms with E-state index >= 15 is 0 Å². The van der Waals surface area contributed by atoms with Gasteiger partial charge in [-0.2, -0.15) is 0 Å². The van der Waals surface area contributed by atoms with E-state index in [4.69, 9.17) is 11.6 Å². The maximum absolute atomic E-state index is 12.5. The number of hydrogen-bond acceptors (Lipinski definition) is 5. The van der Waals surface area contributed by atoms with Crippen LogP contribution in [-0.2, 0) is 10.2 Å². The summed E-state index contributed by atoms with van der Waals surface area (Å²) in [4.78, 5) is 16.5. The monoisotopic (exact) mass is 469 g/mol. The number of pyridine rings is 1. The van der Waals surface area contributed by atoms with E-state index < -0.39 is 0 Å². The quantitative estimate of drug-likeness (QED) is 0.347. The van der Waals surface area contributed by atoms with E-state index in [0.717, 1.165) is 29.4 Å². The number of amides is 1. The standard InChI is InChI=1S/C24H28ClN5OS/c1-24(2,3)17-12-10-16(11-13-17)22-28-29-23(30(22)18-7-4-5-8-18)32-15-20(31)27-19-9-6-14-26-21(19)25/h6,9-14,18H,4-5,7-8,15H2,1-3H3,(H,27,31). The minimum absolute atomic E-state index is 0.100. The summed E-state index contributed by atoms with van der Waals surface area (Å²) < 4.78 is 2.23. The van der Waals surface area contributed by atoms with Gasteiger partial charge in [0.1, 0.15) is 0 Å². The van der Waals surface area contributed by atoms with E-state index in [-0.39, 0.29) is 22.2 Å². The van der Waals surface area contributed by atoms with Gasteiger partial charge < -0.3 is 5.32 Å². The molecule has 1 saturated carbocycles. The Morgan fingerprint density at radius 3 is 2.53 bits per heavy atom. The molecule has 0 saturated heterocycles. The molecule has 3 aromatic rings. The number of aromatic nitrogens is 4. The van der Waals surface area contributed by atoms with E-state index in [0.29, 0.717) is 11.7 Å². The zero-order valence-electron chi connectivity index (χ0n) is 18.6. The molecule has 0 unspecified atom stereocenters. The summed E-state index contributed by atoms with van der Waals surface area (Å²) in [6.07, 6.45) is 6.21. The minimum Gasteiger partial charge on any atom is -0.323 e. The van der Waals surface area contributed by atoms with Crippen LogP contribution < -0.4 is 5.32 Å². The molecular weight excluding hydrogens is 442 g/mol. The van der Waals surface area contributed by atoms with Crippen LogP contribution in [0, 0.1) is 0 Å². The first-order chi connectivity index (χ1) is 15.3. The van der Waals surface area contributed by atoms with E-state index in [2.05, 4.69) is 70.1 Å². The molecule has 1 N–H and O–H groups in total. The summed E-state index contributed by atoms with van der Waals surface area (Å²) in [5, 5.41) is 12.9. The summed E-state index contributed by atoms with van der Waals surface area (Å²) in [7, 11) is 0. The minimum atomic E-state index is -0.151. The van der Waals surface area contributed by atoms with Crippen LogP contribution >= 0.6 is 23.4 Å². The van der Waals surface area contributed by atoms with Crippen molar-refractivity contribution in [1.29, 1.82) is 0 Å². The van der Waals surface area contributed by atoms with Crippen molar-refractivity contribution in [3.63, 3.8) is 0 Å². The number of halogens is 1. The van der Waals surface area contributed by atoms with E-state index in [1.807, 2.05) is 0 Å². The van der Waals surface area contributed by atoms with Crippen molar-refractivity contribution in [1.82, 2.24) is 19.7 Å². The molecule has 2 aromatic heterocycles. The summed E-state index contributed by atoms with van der Waals surface area (Å²) in [6, 6.07) is 12.4. The van der Waals surface area contributed by atoms with Gasteiger partial charge in [-0.15, -0.1) is 10.2 Å². The number of nitrogens with one attached hydrogen (secondary N) is 1. The smallest absolute Gasteiger partial charge is 0.234 e. The van der Waals surface area contributed by atoms with Gasteiger partial charge in [-0.1, -0.05) is 81.2 Å². The number of carbonyl (C=O) groups excluding carboxylic acids is 1. The molecule has 2 heterocycles. The SMILES string of the molecule is CC(C)(C)c1ccc(-c2nnc(SCC(=O)Nc3cccnc3Cl)n2C2CCCC2)cc1. The van der Waals surface area contributed by atoms with Crippen molar-refractivity contribution in [3.05, 3.63) is 53.3 Å². The molecule has 1 aliphatic rings. The first-order valence-corrected chi connectivity index (χ1v) is 12.3. The summed E-state index contributed by atoms with van der Waals surface area (Å²) >= 11 is 7.45. The number of rotatable bonds is 6. The third kappa shape index (κ3) is 5.15. The third-order valence-corrected chi connectivity index (χ3v) is 6.97. The highest BCUT2D eigenvalue weighted by Gasteiger charge is 2.25. The number of benzene rings is 1. The second kappa shape index (κ2) is 9.63. The first kappa shape index (κ1) is 22.8. The Morgan fingerprint density at radius 2 is 1.88 bits per heavy atom. The first-order valence-electron chi connectivity index (χ1n) is 10.9. The fourth-order valence-electron chi connectivity index (χ4n) is 3.98. The second-order valence-electron chi connectivity index (χ2n) is 9.12. The molecule has 0 atom stereocenters. The maximum Gasteiger partial charge on any atom is 0.234 e. The van der Waals surface area contributed by atoms with Crippen molar-refractivity contribution in [3.8, 4) is 11.4 Å². The molecule has 32 heavy (non-hydrogen) atoms. The van der Waals surface area contributed by atoms with Gasteiger partial charge in [-0.05, 0) is 36.0 Å². The molecular formula is C24H28ClN5OS. The van der Waals surface area contributed by atoms with Crippen LogP contribution in [0.4, 0.5) is 5.69 Å². The molecule has 0 aliphatic heterocycles. The Kier molecular flexibility index (Phi) is 6.86. The predicted molar refractivity (Wildman–Crippen MR) is 130 cm³/mol. The van der Waals surface area contributed by atoms with Crippen LogP contribution in [0.3, 0.4) is 0 Å². The molecule has 1 fully saturated rings. The molecule has 0 radical (unpaired) electrons. The molecule has 168 valence electrons. The van der Waals surface area contributed by atoms with Crippen LogP contribution in [0.25, 0.3) is 11.4 Å². The number of hydrogen-bond donors (Lipinski definition) is 1. The van der Waals surface area contributed by atoms with Crippen molar-refractivity contribution >= 4 is 35.0 Å². The van der Waals surface area contributed by atoms with Gasteiger partial charge in [0.2, 0.25) is 5.91 Å². The number of anilines is 1. The summed E-state index contributed by atoms with van der Waals surface area (Å²) in [5.41, 5.74) is 2.95. The maximum atomic E-state index is 12.5. The lowest BCUT2D eigenvalue weighted by molar-refractivity contribution is -0.113. The molecule has 1 aromatic carbocycles. The molecule has 4 rings (SSSR count). The lowest BCUT2D eigenvalue weighted by atomic mass is 9.86. The normalized spacial score (nSPS) is 14.6. The largest absolute Gasteiger partial charge is 0.323 e. The fraction of sp³-hybridized carbons (Fsp3) is 0.417. The van der Waals surface area contributed by atoms with Crippen LogP contribution in [-0.4, -0.2) is 31.4 Å². The topological polar surface area (TPSA) is 72.7 Å². The van der Waals surface area contributed by atoms with Crippen molar-refractivity contribution in [2.75, 3.05) is 11.1 Å². The van der Waals surface area contributed by atoms with Gasteiger partial charge in [-0.25, -0.2) is 4.98 Å². The molecule has 8 heteroatoms. The van der Waals surface area contributed by atoms with Crippen molar-refractivity contribution in [2.45, 2.75) is 63.1 Å². The molecule has 1 amide bonds. The van der Waals surface area contributed by atoms with Gasteiger partial charge in [0.05, 0.1) is 11.4 Å². The molecule has 0 bridgehead atoms. The highest BCUT2D eigenvalue weighted by atomic mass is 35.5. The molecule has 1 aliphatic carbocycles. The highest BCUT2D eigenvalue weighted by Crippen LogP contribution is 2.37. The Balaban J connectivity index is 1.54. The van der Waals surface area contributed by atoms with Crippen molar-refractivity contribution < 1.29 is 4.79 Å². The van der Waals surface area contributed by atoms with Gasteiger partial charge in [0.15, 0.2) is 16.1 Å². The van der Waals surface area contributed by atoms with Gasteiger partial charge in [-0.3, -0.25) is 9.36 Å². The van der Waals surface area contributed by atoms with E-state index in [9.17, 15) is 4.79 Å². The third-order valence-electron chi connectivity index (χ3n) is 5.73. The Labute approximate surface area is 198 Å². The van der Waals surface area contributed by atoms with Crippen LogP contribution in [0.2, 0.25) is 5.15 Å². The Hall–Kier alpha value is -2.38. The van der Waals surface area contributed by atoms with E-state index in [1.54, 1.807) is 18.3 Å². The van der Waals surface area contributed by atoms with Gasteiger partial charge in [0, 0.05) is 17.8 Å². The lowest BCUT2D eigenvalue weighted by Crippen LogP contribution is -2.16. The Morgan fingerprint density at radius 1 is 1.16 bits per heavy atom. The lowest BCUT2D eigenvalue weighted by Gasteiger charge is -2.20. The number of thioether (sulfide) groups is 1. The van der Waals surface area contributed by atoms with Crippen molar-refractivity contribution in [2.24, 2.45) is 0 Å². The van der Waals surface area contributed by atoms with Crippen LogP contribution in [0.15, 0.2) is 47.8 Å². The van der Waals surface area contributed by atoms with E-state index in [1.165, 1.54) is 30.2 Å². The van der Waals surface area contributed by atoms with Crippen LogP contribution in [0.5, 0.6) is 0 Å². The predicted octanol–water partition coefficient (Wildman–Crippen LogP) is 6.14. The van der Waals surface area contributed by atoms with Crippen LogP contribution in [0.1, 0.15) is 58.1 Å². The summed E-state index contributed by atoms with van der Waals surface area (Å²) in [5.74, 6) is 0.941. The molecule has 0 spiro atoms. The highest BCUT2D eigenvalue weighted by molar-refractivity contribution is 7.99. The summed E-state index contributed by atoms with van der Waals surface area (Å²) in [6.45, 7) is 6.63. The number of carbonyl (C=O) groups is 1. The average Bonchev–Trinajstić information content (AvgIpc) is 3.43. The molecule has 6 nitrogen and oxygen atoms in total. The average molecular weight is 470 g/mol. The zero-order chi connectivity index (χ0) is 22.7. The van der Waals surface area contributed by atoms with Gasteiger partial charge >= 0.3 is 0 Å². The Bertz CT molecular complexity index is 1080. The fourth-order valence-corrected chi connectivity index (χ4v) is 4.95. The zero-order valence-corrected chi connectivity index (χ0v) is 20.2.